The van der Waals surface area contributed by atoms with Crippen LogP contribution in [0.4, 0.5) is 0 Å². The lowest BCUT2D eigenvalue weighted by Gasteiger charge is -2.19. The van der Waals surface area contributed by atoms with Crippen LogP contribution in [0.25, 0.3) is 0 Å². The number of carboxylic acids is 2. The van der Waals surface area contributed by atoms with Gasteiger partial charge in [-0.3, -0.25) is 0 Å². The second-order valence-corrected chi connectivity index (χ2v) is 7.48. The Morgan fingerprint density at radius 3 is 2.18 bits per heavy atom. The first-order valence-corrected chi connectivity index (χ1v) is 10.1. The summed E-state index contributed by atoms with van der Waals surface area (Å²) in [6.07, 6.45) is 9.89. The molecule has 0 spiro atoms. The molecule has 3 rings (SSSR count). The van der Waals surface area contributed by atoms with Gasteiger partial charge in [0.1, 0.15) is 18.5 Å². The average Bonchev–Trinajstić information content (AvgIpc) is 3.39. The van der Waals surface area contributed by atoms with Gasteiger partial charge in [-0.1, -0.05) is 43.9 Å². The SMILES string of the molecule is O=C(O)C(=O)O.OC(CNC1CCCC1)COc1ccccc1C1CCCC1. The number of para-hydroxylation sites is 1. The number of benzene rings is 1. The lowest BCUT2D eigenvalue weighted by atomic mass is 9.97. The first-order chi connectivity index (χ1) is 13.5. The molecule has 0 saturated heterocycles. The number of hydrogen-bond acceptors (Lipinski definition) is 5. The molecule has 0 heterocycles. The standard InChI is InChI=1S/C19H29NO2.C2H2O4/c21-17(13-20-16-9-3-4-10-16)14-22-19-12-6-5-11-18(19)15-7-1-2-8-15;3-1(4)2(5)6/h5-6,11-12,15-17,20-21H,1-4,7-10,13-14H2;(H,3,4)(H,5,6). The molecule has 28 heavy (non-hydrogen) atoms. The van der Waals surface area contributed by atoms with Crippen LogP contribution in [0, 0.1) is 0 Å². The summed E-state index contributed by atoms with van der Waals surface area (Å²) in [5, 5.41) is 28.4. The van der Waals surface area contributed by atoms with Crippen molar-refractivity contribution >= 4 is 11.9 Å². The second kappa shape index (κ2) is 11.7. The number of hydrogen-bond donors (Lipinski definition) is 4. The van der Waals surface area contributed by atoms with Gasteiger partial charge in [-0.15, -0.1) is 0 Å². The summed E-state index contributed by atoms with van der Waals surface area (Å²) >= 11 is 0. The van der Waals surface area contributed by atoms with E-state index in [9.17, 15) is 5.11 Å². The molecule has 4 N–H and O–H groups in total. The predicted octanol–water partition coefficient (Wildman–Crippen LogP) is 2.77. The van der Waals surface area contributed by atoms with E-state index in [1.165, 1.54) is 56.9 Å². The first-order valence-electron chi connectivity index (χ1n) is 10.1. The van der Waals surface area contributed by atoms with E-state index in [0.717, 1.165) is 5.75 Å². The van der Waals surface area contributed by atoms with Crippen molar-refractivity contribution in [1.82, 2.24) is 5.32 Å². The Morgan fingerprint density at radius 1 is 1.00 bits per heavy atom. The molecule has 2 fully saturated rings. The van der Waals surface area contributed by atoms with Crippen LogP contribution in [-0.2, 0) is 9.59 Å². The second-order valence-electron chi connectivity index (χ2n) is 7.48. The Hall–Kier alpha value is -2.12. The van der Waals surface area contributed by atoms with Crippen molar-refractivity contribution in [2.75, 3.05) is 13.2 Å². The minimum Gasteiger partial charge on any atom is -0.491 e. The van der Waals surface area contributed by atoms with Gasteiger partial charge in [0.2, 0.25) is 0 Å². The van der Waals surface area contributed by atoms with Crippen LogP contribution >= 0.6 is 0 Å². The lowest BCUT2D eigenvalue weighted by Crippen LogP contribution is -2.36. The minimum atomic E-state index is -1.82. The fourth-order valence-corrected chi connectivity index (χ4v) is 3.86. The molecule has 7 heteroatoms. The highest BCUT2D eigenvalue weighted by atomic mass is 16.5. The van der Waals surface area contributed by atoms with Crippen LogP contribution < -0.4 is 10.1 Å². The van der Waals surface area contributed by atoms with Crippen LogP contribution in [0.3, 0.4) is 0 Å². The maximum atomic E-state index is 10.1. The molecule has 1 unspecified atom stereocenters. The monoisotopic (exact) mass is 393 g/mol. The molecule has 0 aromatic heterocycles. The molecule has 1 atom stereocenters. The van der Waals surface area contributed by atoms with Crippen molar-refractivity contribution in [3.8, 4) is 5.75 Å². The van der Waals surface area contributed by atoms with Crippen molar-refractivity contribution < 1.29 is 29.6 Å². The van der Waals surface area contributed by atoms with Gasteiger partial charge >= 0.3 is 11.9 Å². The van der Waals surface area contributed by atoms with Gasteiger partial charge in [-0.25, -0.2) is 9.59 Å². The molecular weight excluding hydrogens is 362 g/mol. The summed E-state index contributed by atoms with van der Waals surface area (Å²) in [7, 11) is 0. The minimum absolute atomic E-state index is 0.378. The summed E-state index contributed by atoms with van der Waals surface area (Å²) in [6, 6.07) is 8.95. The highest BCUT2D eigenvalue weighted by Crippen LogP contribution is 2.38. The van der Waals surface area contributed by atoms with Crippen molar-refractivity contribution in [3.05, 3.63) is 29.8 Å². The smallest absolute Gasteiger partial charge is 0.414 e. The maximum Gasteiger partial charge on any atom is 0.414 e. The molecule has 1 aromatic rings. The number of aliphatic hydroxyl groups excluding tert-OH is 1. The van der Waals surface area contributed by atoms with Gasteiger partial charge in [0.15, 0.2) is 0 Å². The number of carbonyl (C=O) groups is 2. The molecule has 2 aliphatic rings. The van der Waals surface area contributed by atoms with E-state index in [-0.39, 0.29) is 0 Å². The third-order valence-electron chi connectivity index (χ3n) is 5.33. The average molecular weight is 393 g/mol. The van der Waals surface area contributed by atoms with Gasteiger partial charge in [0, 0.05) is 12.6 Å². The van der Waals surface area contributed by atoms with Crippen LogP contribution in [0.15, 0.2) is 24.3 Å². The van der Waals surface area contributed by atoms with Crippen molar-refractivity contribution in [1.29, 1.82) is 0 Å². The van der Waals surface area contributed by atoms with E-state index in [1.54, 1.807) is 0 Å². The Balaban J connectivity index is 0.000000409. The number of carboxylic acid groups (broad SMARTS) is 2. The predicted molar refractivity (Wildman–Crippen MR) is 105 cm³/mol. The number of aliphatic carboxylic acids is 2. The topological polar surface area (TPSA) is 116 Å². The van der Waals surface area contributed by atoms with Gasteiger partial charge in [-0.2, -0.15) is 0 Å². The zero-order chi connectivity index (χ0) is 20.4. The molecule has 0 bridgehead atoms. The summed E-state index contributed by atoms with van der Waals surface area (Å²) in [6.45, 7) is 1.01. The molecule has 2 aliphatic carbocycles. The summed E-state index contributed by atoms with van der Waals surface area (Å²) in [5.74, 6) is -2.04. The van der Waals surface area contributed by atoms with Crippen molar-refractivity contribution in [2.24, 2.45) is 0 Å². The molecule has 0 aliphatic heterocycles. The van der Waals surface area contributed by atoms with Gasteiger partial charge in [0.05, 0.1) is 0 Å². The number of ether oxygens (including phenoxy) is 1. The quantitative estimate of drug-likeness (QED) is 0.526. The third kappa shape index (κ3) is 7.48. The lowest BCUT2D eigenvalue weighted by molar-refractivity contribution is -0.159. The highest BCUT2D eigenvalue weighted by Gasteiger charge is 2.21. The summed E-state index contributed by atoms with van der Waals surface area (Å²) < 4.78 is 5.94. The Kier molecular flexibility index (Phi) is 9.23. The van der Waals surface area contributed by atoms with Crippen LogP contribution in [0.5, 0.6) is 5.75 Å². The molecule has 7 nitrogen and oxygen atoms in total. The summed E-state index contributed by atoms with van der Waals surface area (Å²) in [4.78, 5) is 18.2. The first kappa shape index (κ1) is 22.2. The molecule has 1 aromatic carbocycles. The van der Waals surface area contributed by atoms with Gasteiger partial charge < -0.3 is 25.4 Å². The fraction of sp³-hybridized carbons (Fsp3) is 0.619. The Morgan fingerprint density at radius 2 is 1.57 bits per heavy atom. The number of rotatable bonds is 7. The van der Waals surface area contributed by atoms with Crippen molar-refractivity contribution in [3.63, 3.8) is 0 Å². The van der Waals surface area contributed by atoms with Gasteiger partial charge in [0.25, 0.3) is 0 Å². The number of aliphatic hydroxyl groups is 1. The van der Waals surface area contributed by atoms with Crippen LogP contribution in [0.1, 0.15) is 62.8 Å². The van der Waals surface area contributed by atoms with E-state index in [2.05, 4.69) is 17.4 Å². The largest absolute Gasteiger partial charge is 0.491 e. The van der Waals surface area contributed by atoms with Crippen LogP contribution in [-0.4, -0.2) is 52.6 Å². The zero-order valence-corrected chi connectivity index (χ0v) is 16.2. The van der Waals surface area contributed by atoms with E-state index in [1.807, 2.05) is 12.1 Å². The zero-order valence-electron chi connectivity index (χ0n) is 16.2. The molecule has 0 radical (unpaired) electrons. The van der Waals surface area contributed by atoms with Crippen molar-refractivity contribution in [2.45, 2.75) is 69.4 Å². The summed E-state index contributed by atoms with van der Waals surface area (Å²) in [5.41, 5.74) is 1.33. The normalized spacial score (nSPS) is 18.3. The third-order valence-corrected chi connectivity index (χ3v) is 5.33. The fourth-order valence-electron chi connectivity index (χ4n) is 3.86. The Labute approximate surface area is 165 Å². The van der Waals surface area contributed by atoms with Gasteiger partial charge in [-0.05, 0) is 43.2 Å². The van der Waals surface area contributed by atoms with E-state index in [0.29, 0.717) is 25.1 Å². The molecular formula is C21H31NO6. The van der Waals surface area contributed by atoms with Crippen LogP contribution in [0.2, 0.25) is 0 Å². The van der Waals surface area contributed by atoms with E-state index in [4.69, 9.17) is 24.5 Å². The Bertz CT molecular complexity index is 611. The van der Waals surface area contributed by atoms with E-state index < -0.39 is 18.0 Å². The molecule has 0 amide bonds. The van der Waals surface area contributed by atoms with E-state index >= 15 is 0 Å². The number of nitrogens with one attached hydrogen (secondary N) is 1. The maximum absolute atomic E-state index is 10.1. The molecule has 2 saturated carbocycles. The molecule has 156 valence electrons. The highest BCUT2D eigenvalue weighted by molar-refractivity contribution is 6.27.